The van der Waals surface area contributed by atoms with Crippen molar-refractivity contribution in [1.82, 2.24) is 0 Å². The van der Waals surface area contributed by atoms with E-state index in [4.69, 9.17) is 0 Å². The van der Waals surface area contributed by atoms with E-state index in [1.807, 2.05) is 60.7 Å². The van der Waals surface area contributed by atoms with E-state index in [-0.39, 0.29) is 0 Å². The van der Waals surface area contributed by atoms with Gasteiger partial charge in [0.1, 0.15) is 0 Å². The molecular weight excluding hydrogens is 373 g/mol. The monoisotopic (exact) mass is 388 g/mol. The van der Waals surface area contributed by atoms with Crippen molar-refractivity contribution in [3.63, 3.8) is 0 Å². The number of sulfone groups is 1. The third-order valence-corrected chi connectivity index (χ3v) is 5.48. The number of hydrogen-bond donors (Lipinski definition) is 0. The molecule has 0 aromatic heterocycles. The third kappa shape index (κ3) is 4.28. The highest BCUT2D eigenvalue weighted by atomic mass is 32.2. The highest BCUT2D eigenvalue weighted by Crippen LogP contribution is 2.30. The second kappa shape index (κ2) is 7.40. The first-order valence-electron chi connectivity index (χ1n) is 8.02. The minimum absolute atomic E-state index is 0.600. The average molecular weight is 388 g/mol. The number of rotatable bonds is 4. The summed E-state index contributed by atoms with van der Waals surface area (Å²) in [5.41, 5.74) is -1.60. The van der Waals surface area contributed by atoms with Gasteiger partial charge in [-0.2, -0.15) is 13.2 Å². The van der Waals surface area contributed by atoms with Gasteiger partial charge in [0.05, 0.1) is 4.90 Å². The Morgan fingerprint density at radius 2 is 1.07 bits per heavy atom. The van der Waals surface area contributed by atoms with Crippen LogP contribution >= 0.6 is 0 Å². The van der Waals surface area contributed by atoms with Crippen LogP contribution in [-0.4, -0.2) is 13.9 Å². The number of benzene rings is 3. The lowest BCUT2D eigenvalue weighted by Gasteiger charge is -2.07. The molecule has 0 fully saturated rings. The average Bonchev–Trinajstić information content (AvgIpc) is 2.67. The zero-order valence-electron chi connectivity index (χ0n) is 14.0. The molecular formula is C21H15F3O2S. The number of halogens is 3. The molecule has 27 heavy (non-hydrogen) atoms. The van der Waals surface area contributed by atoms with Crippen LogP contribution in [0, 0.1) is 0 Å². The van der Waals surface area contributed by atoms with Crippen LogP contribution in [0.15, 0.2) is 83.8 Å². The Labute approximate surface area is 155 Å². The molecule has 0 aliphatic heterocycles. The number of hydrogen-bond acceptors (Lipinski definition) is 2. The summed E-state index contributed by atoms with van der Waals surface area (Å²) >= 11 is 0. The van der Waals surface area contributed by atoms with Crippen LogP contribution < -0.4 is 0 Å². The van der Waals surface area contributed by atoms with Crippen LogP contribution in [0.25, 0.3) is 23.3 Å². The summed E-state index contributed by atoms with van der Waals surface area (Å²) < 4.78 is 60.3. The molecule has 0 radical (unpaired) electrons. The summed E-state index contributed by atoms with van der Waals surface area (Å²) in [4.78, 5) is -0.764. The minimum Gasteiger partial charge on any atom is -0.214 e. The molecule has 0 spiro atoms. The fourth-order valence-electron chi connectivity index (χ4n) is 2.50. The first kappa shape index (κ1) is 18.9. The van der Waals surface area contributed by atoms with E-state index in [0.29, 0.717) is 5.56 Å². The van der Waals surface area contributed by atoms with E-state index in [9.17, 15) is 21.6 Å². The Morgan fingerprint density at radius 1 is 0.630 bits per heavy atom. The van der Waals surface area contributed by atoms with Crippen LogP contribution in [-0.2, 0) is 9.84 Å². The minimum atomic E-state index is -5.32. The SMILES string of the molecule is O=S(=O)(c1ccc(/C=C/c2ccc(-c3ccccc3)cc2)cc1)C(F)(F)F. The van der Waals surface area contributed by atoms with Gasteiger partial charge in [-0.25, -0.2) is 8.42 Å². The van der Waals surface area contributed by atoms with E-state index in [0.717, 1.165) is 28.8 Å². The van der Waals surface area contributed by atoms with Crippen molar-refractivity contribution in [2.75, 3.05) is 0 Å². The predicted molar refractivity (Wildman–Crippen MR) is 100 cm³/mol. The summed E-state index contributed by atoms with van der Waals surface area (Å²) in [6.45, 7) is 0. The molecule has 0 heterocycles. The molecule has 3 aromatic carbocycles. The first-order chi connectivity index (χ1) is 12.8. The summed E-state index contributed by atoms with van der Waals surface area (Å²) in [7, 11) is -5.32. The van der Waals surface area contributed by atoms with Crippen LogP contribution in [0.1, 0.15) is 11.1 Å². The van der Waals surface area contributed by atoms with Gasteiger partial charge in [0.15, 0.2) is 0 Å². The molecule has 0 unspecified atom stereocenters. The van der Waals surface area contributed by atoms with Crippen molar-refractivity contribution in [2.24, 2.45) is 0 Å². The Balaban J connectivity index is 1.75. The Kier molecular flexibility index (Phi) is 5.19. The van der Waals surface area contributed by atoms with E-state index in [1.165, 1.54) is 12.1 Å². The fraction of sp³-hybridized carbons (Fsp3) is 0.0476. The maximum absolute atomic E-state index is 12.5. The predicted octanol–water partition coefficient (Wildman–Crippen LogP) is 5.82. The molecule has 3 aromatic rings. The Bertz CT molecular complexity index is 1040. The van der Waals surface area contributed by atoms with Gasteiger partial charge >= 0.3 is 5.51 Å². The zero-order chi connectivity index (χ0) is 19.5. The molecule has 0 aliphatic carbocycles. The molecule has 0 aliphatic rings. The smallest absolute Gasteiger partial charge is 0.214 e. The molecule has 0 saturated heterocycles. The maximum atomic E-state index is 12.5. The summed E-state index contributed by atoms with van der Waals surface area (Å²) in [5, 5.41) is 0. The van der Waals surface area contributed by atoms with Crippen molar-refractivity contribution >= 4 is 22.0 Å². The molecule has 0 N–H and O–H groups in total. The van der Waals surface area contributed by atoms with Crippen molar-refractivity contribution in [3.8, 4) is 11.1 Å². The highest BCUT2D eigenvalue weighted by molar-refractivity contribution is 7.92. The van der Waals surface area contributed by atoms with Gasteiger partial charge in [-0.1, -0.05) is 78.9 Å². The normalized spacial score (nSPS) is 12.4. The van der Waals surface area contributed by atoms with Crippen LogP contribution in [0.4, 0.5) is 13.2 Å². The van der Waals surface area contributed by atoms with Crippen LogP contribution in [0.2, 0.25) is 0 Å². The first-order valence-corrected chi connectivity index (χ1v) is 9.51. The molecule has 3 rings (SSSR count). The van der Waals surface area contributed by atoms with Gasteiger partial charge in [-0.3, -0.25) is 0 Å². The quantitative estimate of drug-likeness (QED) is 0.528. The van der Waals surface area contributed by atoms with Crippen LogP contribution in [0.3, 0.4) is 0 Å². The van der Waals surface area contributed by atoms with Crippen molar-refractivity contribution < 1.29 is 21.6 Å². The van der Waals surface area contributed by atoms with Gasteiger partial charge < -0.3 is 0 Å². The van der Waals surface area contributed by atoms with Crippen molar-refractivity contribution in [1.29, 1.82) is 0 Å². The largest absolute Gasteiger partial charge is 0.501 e. The fourth-order valence-corrected chi connectivity index (χ4v) is 3.26. The Hall–Kier alpha value is -2.86. The molecule has 0 atom stereocenters. The van der Waals surface area contributed by atoms with E-state index >= 15 is 0 Å². The van der Waals surface area contributed by atoms with E-state index in [1.54, 1.807) is 6.08 Å². The van der Waals surface area contributed by atoms with Crippen LogP contribution in [0.5, 0.6) is 0 Å². The molecule has 2 nitrogen and oxygen atoms in total. The van der Waals surface area contributed by atoms with E-state index in [2.05, 4.69) is 0 Å². The van der Waals surface area contributed by atoms with Gasteiger partial charge in [0.25, 0.3) is 9.84 Å². The van der Waals surface area contributed by atoms with Gasteiger partial charge in [-0.15, -0.1) is 0 Å². The van der Waals surface area contributed by atoms with Crippen molar-refractivity contribution in [3.05, 3.63) is 90.0 Å². The molecule has 138 valence electrons. The lowest BCUT2D eigenvalue weighted by Crippen LogP contribution is -2.23. The topological polar surface area (TPSA) is 34.1 Å². The van der Waals surface area contributed by atoms with Gasteiger partial charge in [-0.05, 0) is 34.4 Å². The summed E-state index contributed by atoms with van der Waals surface area (Å²) in [5.74, 6) is 0. The van der Waals surface area contributed by atoms with Gasteiger partial charge in [0.2, 0.25) is 0 Å². The van der Waals surface area contributed by atoms with Crippen molar-refractivity contribution in [2.45, 2.75) is 10.4 Å². The summed E-state index contributed by atoms with van der Waals surface area (Å²) in [6.07, 6.45) is 3.52. The summed E-state index contributed by atoms with van der Waals surface area (Å²) in [6, 6.07) is 22.3. The second-order valence-electron chi connectivity index (χ2n) is 5.84. The standard InChI is InChI=1S/C21H15F3O2S/c22-21(23,24)27(25,26)20-14-10-17(11-15-20)7-6-16-8-12-19(13-9-16)18-4-2-1-3-5-18/h1-15H/b7-6+. The molecule has 0 bridgehead atoms. The lowest BCUT2D eigenvalue weighted by atomic mass is 10.0. The molecule has 0 saturated carbocycles. The second-order valence-corrected chi connectivity index (χ2v) is 7.78. The molecule has 6 heteroatoms. The maximum Gasteiger partial charge on any atom is 0.501 e. The number of alkyl halides is 3. The highest BCUT2D eigenvalue weighted by Gasteiger charge is 2.46. The molecule has 0 amide bonds. The lowest BCUT2D eigenvalue weighted by molar-refractivity contribution is -0.0436. The third-order valence-electron chi connectivity index (χ3n) is 3.98. The Morgan fingerprint density at radius 3 is 1.56 bits per heavy atom. The van der Waals surface area contributed by atoms with E-state index < -0.39 is 20.2 Å². The van der Waals surface area contributed by atoms with Gasteiger partial charge in [0, 0.05) is 0 Å². The zero-order valence-corrected chi connectivity index (χ0v) is 14.8.